The minimum Gasteiger partial charge on any atom is -0.456 e. The van der Waals surface area contributed by atoms with E-state index in [2.05, 4.69) is 252 Å². The van der Waals surface area contributed by atoms with E-state index in [-0.39, 0.29) is 0 Å². The Labute approximate surface area is 405 Å². The van der Waals surface area contributed by atoms with E-state index in [9.17, 15) is 0 Å². The highest BCUT2D eigenvalue weighted by atomic mass is 32.3. The molecular formula is C64H42N4OS. The van der Waals surface area contributed by atoms with E-state index in [1.165, 1.54) is 41.4 Å². The molecule has 0 fully saturated rings. The molecule has 0 saturated carbocycles. The van der Waals surface area contributed by atoms with E-state index in [1.54, 1.807) is 0 Å². The van der Waals surface area contributed by atoms with Crippen molar-refractivity contribution in [2.24, 2.45) is 0 Å². The molecule has 10 aromatic carbocycles. The third-order valence-corrected chi connectivity index (χ3v) is 17.8. The van der Waals surface area contributed by atoms with Gasteiger partial charge in [0.2, 0.25) is 5.95 Å². The molecule has 0 aliphatic rings. The largest absolute Gasteiger partial charge is 0.456 e. The average molecular weight is 915 g/mol. The Hall–Kier alpha value is -8.97. The van der Waals surface area contributed by atoms with Gasteiger partial charge >= 0.3 is 0 Å². The quantitative estimate of drug-likeness (QED) is 0.153. The second-order valence-corrected chi connectivity index (χ2v) is 20.9. The van der Waals surface area contributed by atoms with Crippen molar-refractivity contribution in [3.8, 4) is 34.2 Å². The maximum Gasteiger partial charge on any atom is 0.235 e. The lowest BCUT2D eigenvalue weighted by atomic mass is 10.1. The summed E-state index contributed by atoms with van der Waals surface area (Å²) >= 11 is 0. The van der Waals surface area contributed by atoms with E-state index in [1.807, 2.05) is 12.1 Å². The number of nitrogens with zero attached hydrogens (tertiary/aromatic N) is 4. The fourth-order valence-electron chi connectivity index (χ4n) is 10.8. The zero-order chi connectivity index (χ0) is 46.2. The van der Waals surface area contributed by atoms with E-state index < -0.39 is 10.0 Å². The smallest absolute Gasteiger partial charge is 0.235 e. The molecule has 0 aliphatic heterocycles. The molecule has 0 spiro atoms. The van der Waals surface area contributed by atoms with Gasteiger partial charge in [-0.3, -0.25) is 4.57 Å². The number of para-hydroxylation sites is 4. The summed E-state index contributed by atoms with van der Waals surface area (Å²) in [6.45, 7) is 0. The Morgan fingerprint density at radius 2 is 0.743 bits per heavy atom. The van der Waals surface area contributed by atoms with Crippen LogP contribution in [0.1, 0.15) is 0 Å². The summed E-state index contributed by atoms with van der Waals surface area (Å²) in [6, 6.07) is 91.6. The van der Waals surface area contributed by atoms with Crippen molar-refractivity contribution < 1.29 is 4.42 Å². The summed E-state index contributed by atoms with van der Waals surface area (Å²) < 4.78 is 11.1. The molecule has 330 valence electrons. The molecule has 0 unspecified atom stereocenters. The molecule has 0 saturated heterocycles. The SMILES string of the molecule is c1ccc(S(c2ccccc2)(c2ccccc2)c2ccc(-c3cc(-c4ccc5c(c4)oc4ccccc45)nc(-n4c5ccccc5c5cc(-n6c7ccccc7c7ccccc76)ccc54)n3)cc2)cc1. The zero-order valence-electron chi connectivity index (χ0n) is 37.9. The highest BCUT2D eigenvalue weighted by Crippen LogP contribution is 2.73. The topological polar surface area (TPSA) is 48.8 Å². The second-order valence-electron chi connectivity index (χ2n) is 17.7. The van der Waals surface area contributed by atoms with Gasteiger partial charge in [0.25, 0.3) is 0 Å². The molecule has 5 nitrogen and oxygen atoms in total. The van der Waals surface area contributed by atoms with Gasteiger partial charge in [-0.05, 0) is 109 Å². The minimum absolute atomic E-state index is 0.593. The molecule has 0 atom stereocenters. The van der Waals surface area contributed by atoms with Crippen LogP contribution in [0.25, 0.3) is 99.7 Å². The van der Waals surface area contributed by atoms with Crippen molar-refractivity contribution in [1.82, 2.24) is 19.1 Å². The monoisotopic (exact) mass is 914 g/mol. The fourth-order valence-corrected chi connectivity index (χ4v) is 14.6. The third kappa shape index (κ3) is 6.20. The maximum absolute atomic E-state index is 6.45. The molecular weight excluding hydrogens is 873 g/mol. The van der Waals surface area contributed by atoms with Crippen LogP contribution in [-0.2, 0) is 0 Å². The molecule has 6 heteroatoms. The lowest BCUT2D eigenvalue weighted by molar-refractivity contribution is 0.669. The van der Waals surface area contributed by atoms with Crippen LogP contribution in [-0.4, -0.2) is 19.1 Å². The van der Waals surface area contributed by atoms with Gasteiger partial charge in [-0.1, -0.05) is 146 Å². The highest BCUT2D eigenvalue weighted by molar-refractivity contribution is 8.34. The van der Waals surface area contributed by atoms with E-state index >= 15 is 0 Å². The summed E-state index contributed by atoms with van der Waals surface area (Å²) in [5.74, 6) is 0.593. The lowest BCUT2D eigenvalue weighted by Gasteiger charge is -2.42. The molecule has 70 heavy (non-hydrogen) atoms. The summed E-state index contributed by atoms with van der Waals surface area (Å²) in [7, 11) is -1.88. The second kappa shape index (κ2) is 16.1. The highest BCUT2D eigenvalue weighted by Gasteiger charge is 2.33. The van der Waals surface area contributed by atoms with E-state index in [4.69, 9.17) is 14.4 Å². The van der Waals surface area contributed by atoms with Crippen LogP contribution in [0.4, 0.5) is 0 Å². The van der Waals surface area contributed by atoms with E-state index in [0.717, 1.165) is 71.9 Å². The first kappa shape index (κ1) is 40.1. The van der Waals surface area contributed by atoms with Crippen molar-refractivity contribution in [1.29, 1.82) is 0 Å². The number of benzene rings is 10. The van der Waals surface area contributed by atoms with Crippen LogP contribution >= 0.6 is 10.0 Å². The van der Waals surface area contributed by atoms with Gasteiger partial charge in [0.05, 0.1) is 33.5 Å². The summed E-state index contributed by atoms with van der Waals surface area (Å²) in [6.07, 6.45) is 0. The average Bonchev–Trinajstić information content (AvgIpc) is 4.09. The Morgan fingerprint density at radius 3 is 1.34 bits per heavy atom. The summed E-state index contributed by atoms with van der Waals surface area (Å²) in [4.78, 5) is 16.1. The van der Waals surface area contributed by atoms with Gasteiger partial charge in [0, 0.05) is 68.7 Å². The number of hydrogen-bond acceptors (Lipinski definition) is 3. The zero-order valence-corrected chi connectivity index (χ0v) is 38.7. The first-order valence-corrected chi connectivity index (χ1v) is 25.3. The van der Waals surface area contributed by atoms with Crippen LogP contribution in [0.5, 0.6) is 0 Å². The van der Waals surface area contributed by atoms with Crippen molar-refractivity contribution in [3.63, 3.8) is 0 Å². The minimum atomic E-state index is -1.88. The maximum atomic E-state index is 6.45. The van der Waals surface area contributed by atoms with Crippen molar-refractivity contribution >= 4 is 75.6 Å². The molecule has 0 aliphatic carbocycles. The van der Waals surface area contributed by atoms with Gasteiger partial charge < -0.3 is 8.98 Å². The summed E-state index contributed by atoms with van der Waals surface area (Å²) in [5, 5.41) is 6.90. The van der Waals surface area contributed by atoms with Gasteiger partial charge in [-0.15, -0.1) is 10.0 Å². The first-order chi connectivity index (χ1) is 34.7. The number of hydrogen-bond donors (Lipinski definition) is 0. The normalized spacial score (nSPS) is 12.2. The molecule has 4 aromatic heterocycles. The standard InChI is InChI=1S/C64H42N4OS/c1-4-18-46(19-5-1)70(47-20-6-2-7-21-47,48-22-8-3-9-23-48)49-36-32-43(33-37-49)56-42-57(44-34-38-54-53-27-13-17-31-62(53)69-63(54)40-44)66-64(65-56)68-60-30-16-12-26-52(60)55-41-45(35-39-61(55)68)67-58-28-14-10-24-50(58)51-25-11-15-29-59(51)67/h1-42H. The fraction of sp³-hybridized carbons (Fsp3) is 0. The van der Waals surface area contributed by atoms with Crippen LogP contribution in [0.2, 0.25) is 0 Å². The Balaban J connectivity index is 0.981. The van der Waals surface area contributed by atoms with Crippen LogP contribution in [0, 0.1) is 0 Å². The van der Waals surface area contributed by atoms with Gasteiger partial charge in [0.1, 0.15) is 11.2 Å². The van der Waals surface area contributed by atoms with Crippen LogP contribution < -0.4 is 0 Å². The van der Waals surface area contributed by atoms with Gasteiger partial charge in [0.15, 0.2) is 0 Å². The van der Waals surface area contributed by atoms with Crippen LogP contribution in [0.3, 0.4) is 0 Å². The predicted molar refractivity (Wildman–Crippen MR) is 289 cm³/mol. The Kier molecular flexibility index (Phi) is 9.22. The molecule has 4 heterocycles. The molecule has 14 aromatic rings. The van der Waals surface area contributed by atoms with Crippen LogP contribution in [0.15, 0.2) is 279 Å². The summed E-state index contributed by atoms with van der Waals surface area (Å²) in [5.41, 5.74) is 10.8. The van der Waals surface area contributed by atoms with E-state index in [0.29, 0.717) is 5.95 Å². The third-order valence-electron chi connectivity index (χ3n) is 13.9. The van der Waals surface area contributed by atoms with Crippen molar-refractivity contribution in [2.45, 2.75) is 19.6 Å². The number of rotatable bonds is 8. The lowest BCUT2D eigenvalue weighted by Crippen LogP contribution is -2.05. The molecule has 14 rings (SSSR count). The molecule has 0 radical (unpaired) electrons. The van der Waals surface area contributed by atoms with Gasteiger partial charge in [-0.25, -0.2) is 9.97 Å². The molecule has 0 bridgehead atoms. The van der Waals surface area contributed by atoms with Crippen molar-refractivity contribution in [3.05, 3.63) is 255 Å². The molecule has 0 N–H and O–H groups in total. The molecule has 0 amide bonds. The Bertz CT molecular complexity index is 4140. The van der Waals surface area contributed by atoms with Gasteiger partial charge in [-0.2, -0.15) is 0 Å². The number of furan rings is 1. The first-order valence-electron chi connectivity index (χ1n) is 23.6. The predicted octanol–water partition coefficient (Wildman–Crippen LogP) is 17.2. The number of fused-ring (bicyclic) bond motifs is 9. The number of aromatic nitrogens is 4. The Morgan fingerprint density at radius 1 is 0.300 bits per heavy atom. The van der Waals surface area contributed by atoms with Crippen molar-refractivity contribution in [2.75, 3.05) is 0 Å².